The number of nitrogens with zero attached hydrogens (tertiary/aromatic N) is 1. The SMILES string of the molecule is CCC1CN(CCOc2ccc(C3Oc4ccc(O)c(Cl)c4C(C)=C3c3cccc(O)c3)cc2)C1. The van der Waals surface area contributed by atoms with Crippen molar-refractivity contribution in [2.45, 2.75) is 26.4 Å². The summed E-state index contributed by atoms with van der Waals surface area (Å²) in [6.45, 7) is 8.16. The standard InChI is InChI=1S/C29H30ClNO4/c1-3-19-16-31(17-19)13-14-34-23-9-7-20(8-10-23)29-26(21-5-4-6-22(32)15-21)18(2)27-25(35-29)12-11-24(33)28(27)30/h4-12,15,19,29,32-33H,3,13-14,16-17H2,1-2H3. The Labute approximate surface area is 211 Å². The van der Waals surface area contributed by atoms with Crippen LogP contribution in [0.25, 0.3) is 11.1 Å². The molecule has 6 heteroatoms. The number of phenolic OH excluding ortho intramolecular Hbond substituents is 2. The van der Waals surface area contributed by atoms with Crippen molar-refractivity contribution < 1.29 is 19.7 Å². The number of hydrogen-bond donors (Lipinski definition) is 2. The zero-order valence-corrected chi connectivity index (χ0v) is 20.8. The van der Waals surface area contributed by atoms with Crippen LogP contribution in [0.3, 0.4) is 0 Å². The van der Waals surface area contributed by atoms with E-state index in [0.717, 1.165) is 40.5 Å². The van der Waals surface area contributed by atoms with Gasteiger partial charge in [0.15, 0.2) is 0 Å². The Kier molecular flexibility index (Phi) is 6.63. The van der Waals surface area contributed by atoms with E-state index in [9.17, 15) is 10.2 Å². The first-order valence-electron chi connectivity index (χ1n) is 12.1. The molecule has 0 bridgehead atoms. The average molecular weight is 492 g/mol. The van der Waals surface area contributed by atoms with Crippen molar-refractivity contribution in [3.63, 3.8) is 0 Å². The van der Waals surface area contributed by atoms with E-state index < -0.39 is 6.10 Å². The van der Waals surface area contributed by atoms with Crippen LogP contribution in [0.2, 0.25) is 5.02 Å². The molecule has 2 heterocycles. The molecular weight excluding hydrogens is 462 g/mol. The van der Waals surface area contributed by atoms with Crippen LogP contribution in [-0.4, -0.2) is 41.4 Å². The van der Waals surface area contributed by atoms with Crippen LogP contribution in [0.15, 0.2) is 60.7 Å². The minimum Gasteiger partial charge on any atom is -0.508 e. The van der Waals surface area contributed by atoms with E-state index in [4.69, 9.17) is 21.1 Å². The minimum absolute atomic E-state index is 0.00650. The number of halogens is 1. The second kappa shape index (κ2) is 9.84. The second-order valence-electron chi connectivity index (χ2n) is 9.31. The zero-order valence-electron chi connectivity index (χ0n) is 20.0. The molecule has 2 N–H and O–H groups in total. The summed E-state index contributed by atoms with van der Waals surface area (Å²) in [6, 6.07) is 18.3. The Balaban J connectivity index is 1.41. The van der Waals surface area contributed by atoms with Crippen LogP contribution in [0.1, 0.15) is 43.1 Å². The molecule has 1 unspecified atom stereocenters. The number of phenols is 2. The van der Waals surface area contributed by atoms with Gasteiger partial charge in [-0.05, 0) is 65.9 Å². The normalized spacial score (nSPS) is 18.1. The summed E-state index contributed by atoms with van der Waals surface area (Å²) in [4.78, 5) is 2.42. The third kappa shape index (κ3) is 4.71. The summed E-state index contributed by atoms with van der Waals surface area (Å²) in [5.41, 5.74) is 4.23. The topological polar surface area (TPSA) is 62.2 Å². The van der Waals surface area contributed by atoms with Crippen molar-refractivity contribution in [1.29, 1.82) is 0 Å². The Morgan fingerprint density at radius 2 is 1.83 bits per heavy atom. The molecule has 1 atom stereocenters. The molecule has 0 aliphatic carbocycles. The number of benzene rings is 3. The maximum atomic E-state index is 10.2. The number of rotatable bonds is 7. The van der Waals surface area contributed by atoms with Crippen LogP contribution in [0, 0.1) is 5.92 Å². The van der Waals surface area contributed by atoms with Crippen molar-refractivity contribution in [3.8, 4) is 23.0 Å². The van der Waals surface area contributed by atoms with E-state index in [-0.39, 0.29) is 16.5 Å². The highest BCUT2D eigenvalue weighted by molar-refractivity contribution is 6.34. The van der Waals surface area contributed by atoms with Crippen molar-refractivity contribution in [2.75, 3.05) is 26.2 Å². The second-order valence-corrected chi connectivity index (χ2v) is 9.69. The molecule has 0 saturated carbocycles. The van der Waals surface area contributed by atoms with Crippen molar-refractivity contribution in [2.24, 2.45) is 5.92 Å². The Morgan fingerprint density at radius 1 is 1.06 bits per heavy atom. The van der Waals surface area contributed by atoms with Gasteiger partial charge in [-0.15, -0.1) is 0 Å². The van der Waals surface area contributed by atoms with Crippen LogP contribution < -0.4 is 9.47 Å². The van der Waals surface area contributed by atoms with E-state index in [1.165, 1.54) is 19.5 Å². The Hall–Kier alpha value is -3.15. The first-order chi connectivity index (χ1) is 16.9. The minimum atomic E-state index is -0.411. The van der Waals surface area contributed by atoms with Crippen molar-refractivity contribution >= 4 is 22.7 Å². The van der Waals surface area contributed by atoms with Crippen LogP contribution in [0.4, 0.5) is 0 Å². The summed E-state index contributed by atoms with van der Waals surface area (Å²) in [5.74, 6) is 2.45. The van der Waals surface area contributed by atoms with Gasteiger partial charge in [0.05, 0.1) is 5.02 Å². The first kappa shape index (κ1) is 23.6. The van der Waals surface area contributed by atoms with E-state index >= 15 is 0 Å². The molecule has 0 amide bonds. The fraction of sp³-hybridized carbons (Fsp3) is 0.310. The molecular formula is C29H30ClNO4. The fourth-order valence-corrected chi connectivity index (χ4v) is 5.24. The van der Waals surface area contributed by atoms with E-state index in [2.05, 4.69) is 11.8 Å². The maximum absolute atomic E-state index is 10.2. The molecule has 2 aliphatic heterocycles. The molecule has 35 heavy (non-hydrogen) atoms. The number of ether oxygens (including phenoxy) is 2. The molecule has 0 spiro atoms. The predicted molar refractivity (Wildman–Crippen MR) is 139 cm³/mol. The Bertz CT molecular complexity index is 1250. The summed E-state index contributed by atoms with van der Waals surface area (Å²) in [7, 11) is 0. The highest BCUT2D eigenvalue weighted by atomic mass is 35.5. The van der Waals surface area contributed by atoms with Crippen LogP contribution in [-0.2, 0) is 0 Å². The maximum Gasteiger partial charge on any atom is 0.150 e. The van der Waals surface area contributed by atoms with E-state index in [0.29, 0.717) is 17.9 Å². The highest BCUT2D eigenvalue weighted by Gasteiger charge is 2.31. The lowest BCUT2D eigenvalue weighted by Gasteiger charge is -2.38. The van der Waals surface area contributed by atoms with Gasteiger partial charge in [-0.2, -0.15) is 0 Å². The number of allylic oxidation sites excluding steroid dienone is 1. The monoisotopic (exact) mass is 491 g/mol. The van der Waals surface area contributed by atoms with E-state index in [1.54, 1.807) is 30.3 Å². The van der Waals surface area contributed by atoms with Gasteiger partial charge in [0.25, 0.3) is 0 Å². The first-order valence-corrected chi connectivity index (χ1v) is 12.5. The lowest BCUT2D eigenvalue weighted by molar-refractivity contribution is 0.0806. The van der Waals surface area contributed by atoms with Gasteiger partial charge in [0.1, 0.15) is 35.7 Å². The number of fused-ring (bicyclic) bond motifs is 1. The van der Waals surface area contributed by atoms with Gasteiger partial charge in [-0.25, -0.2) is 0 Å². The Morgan fingerprint density at radius 3 is 2.54 bits per heavy atom. The summed E-state index contributed by atoms with van der Waals surface area (Å²) < 4.78 is 12.4. The van der Waals surface area contributed by atoms with Gasteiger partial charge in [0, 0.05) is 30.8 Å². The molecule has 1 fully saturated rings. The molecule has 0 radical (unpaired) electrons. The van der Waals surface area contributed by atoms with Gasteiger partial charge >= 0.3 is 0 Å². The average Bonchev–Trinajstić information content (AvgIpc) is 2.83. The van der Waals surface area contributed by atoms with Gasteiger partial charge in [-0.1, -0.05) is 49.2 Å². The summed E-state index contributed by atoms with van der Waals surface area (Å²) in [6.07, 6.45) is 0.837. The smallest absolute Gasteiger partial charge is 0.150 e. The zero-order chi connectivity index (χ0) is 24.5. The molecule has 3 aromatic rings. The quantitative estimate of drug-likeness (QED) is 0.393. The fourth-order valence-electron chi connectivity index (χ4n) is 4.94. The van der Waals surface area contributed by atoms with Crippen molar-refractivity contribution in [3.05, 3.63) is 82.4 Å². The molecule has 2 aliphatic rings. The third-order valence-electron chi connectivity index (χ3n) is 7.00. The number of hydrogen-bond acceptors (Lipinski definition) is 5. The summed E-state index contributed by atoms with van der Waals surface area (Å²) >= 11 is 6.47. The number of aromatic hydroxyl groups is 2. The lowest BCUT2D eigenvalue weighted by Crippen LogP contribution is -2.47. The molecule has 5 rings (SSSR count). The van der Waals surface area contributed by atoms with Crippen LogP contribution >= 0.6 is 11.6 Å². The summed E-state index contributed by atoms with van der Waals surface area (Å²) in [5, 5.41) is 20.6. The van der Waals surface area contributed by atoms with E-state index in [1.807, 2.05) is 37.3 Å². The molecule has 182 valence electrons. The number of likely N-dealkylation sites (tertiary alicyclic amines) is 1. The largest absolute Gasteiger partial charge is 0.508 e. The molecule has 1 saturated heterocycles. The van der Waals surface area contributed by atoms with Gasteiger partial charge < -0.3 is 19.7 Å². The lowest BCUT2D eigenvalue weighted by atomic mass is 9.86. The highest BCUT2D eigenvalue weighted by Crippen LogP contribution is 2.50. The van der Waals surface area contributed by atoms with Gasteiger partial charge in [0.2, 0.25) is 0 Å². The molecule has 0 aromatic heterocycles. The molecule has 5 nitrogen and oxygen atoms in total. The molecule has 3 aromatic carbocycles. The van der Waals surface area contributed by atoms with Crippen molar-refractivity contribution in [1.82, 2.24) is 4.90 Å². The van der Waals surface area contributed by atoms with Crippen LogP contribution in [0.5, 0.6) is 23.0 Å². The third-order valence-corrected chi connectivity index (χ3v) is 7.38. The predicted octanol–water partition coefficient (Wildman–Crippen LogP) is 6.54. The van der Waals surface area contributed by atoms with Gasteiger partial charge in [-0.3, -0.25) is 4.90 Å².